The molecule has 1 N–H and O–H groups in total. The first-order valence-electron chi connectivity index (χ1n) is 7.61. The van der Waals surface area contributed by atoms with E-state index in [1.165, 1.54) is 12.1 Å². The van der Waals surface area contributed by atoms with E-state index in [4.69, 9.17) is 9.47 Å². The van der Waals surface area contributed by atoms with Gasteiger partial charge in [0.25, 0.3) is 0 Å². The van der Waals surface area contributed by atoms with E-state index in [0.29, 0.717) is 31.3 Å². The van der Waals surface area contributed by atoms with Gasteiger partial charge in [0.1, 0.15) is 13.2 Å². The second-order valence-electron chi connectivity index (χ2n) is 5.23. The molecule has 124 valence electrons. The fourth-order valence-corrected chi connectivity index (χ4v) is 3.62. The van der Waals surface area contributed by atoms with Crippen molar-refractivity contribution in [2.45, 2.75) is 31.7 Å². The zero-order chi connectivity index (χ0) is 16.2. The number of rotatable bonds is 7. The average molecular weight is 328 g/mol. The molecule has 0 fully saturated rings. The smallest absolute Gasteiger partial charge is 0.240 e. The van der Waals surface area contributed by atoms with Crippen molar-refractivity contribution in [3.63, 3.8) is 0 Å². The lowest BCUT2D eigenvalue weighted by Crippen LogP contribution is -2.41. The van der Waals surface area contributed by atoms with Crippen molar-refractivity contribution in [2.75, 3.05) is 32.8 Å². The van der Waals surface area contributed by atoms with Crippen molar-refractivity contribution in [2.24, 2.45) is 0 Å². The van der Waals surface area contributed by atoms with Crippen LogP contribution in [0.2, 0.25) is 0 Å². The summed E-state index contributed by atoms with van der Waals surface area (Å²) >= 11 is 0. The van der Waals surface area contributed by atoms with E-state index in [0.717, 1.165) is 13.1 Å². The Morgan fingerprint density at radius 1 is 1.18 bits per heavy atom. The summed E-state index contributed by atoms with van der Waals surface area (Å²) in [7, 11) is -3.55. The van der Waals surface area contributed by atoms with Crippen LogP contribution in [0.4, 0.5) is 0 Å². The summed E-state index contributed by atoms with van der Waals surface area (Å²) in [5.41, 5.74) is 0. The Bertz CT molecular complexity index is 600. The van der Waals surface area contributed by atoms with Gasteiger partial charge in [-0.3, -0.25) is 4.90 Å². The maximum absolute atomic E-state index is 12.4. The Labute approximate surface area is 132 Å². The highest BCUT2D eigenvalue weighted by Gasteiger charge is 2.20. The molecule has 1 heterocycles. The standard InChI is InChI=1S/C15H24N2O4S/c1-4-17(5-2)12(3)11-16-22(18,19)13-6-7-14-15(10-13)21-9-8-20-14/h6-7,10,12,16H,4-5,8-9,11H2,1-3H3/t12-/m1/s1. The number of likely N-dealkylation sites (N-methyl/N-ethyl adjacent to an activating group) is 1. The highest BCUT2D eigenvalue weighted by molar-refractivity contribution is 7.89. The van der Waals surface area contributed by atoms with Crippen LogP contribution in [-0.4, -0.2) is 52.2 Å². The van der Waals surface area contributed by atoms with Gasteiger partial charge < -0.3 is 9.47 Å². The summed E-state index contributed by atoms with van der Waals surface area (Å²) in [5, 5.41) is 0. The second kappa shape index (κ2) is 7.30. The first-order chi connectivity index (χ1) is 10.5. The summed E-state index contributed by atoms with van der Waals surface area (Å²) in [6.07, 6.45) is 0. The first kappa shape index (κ1) is 17.1. The summed E-state index contributed by atoms with van der Waals surface area (Å²) in [5.74, 6) is 1.06. The number of hydrogen-bond donors (Lipinski definition) is 1. The van der Waals surface area contributed by atoms with Crippen LogP contribution < -0.4 is 14.2 Å². The fourth-order valence-electron chi connectivity index (χ4n) is 2.48. The molecule has 1 atom stereocenters. The molecule has 6 nitrogen and oxygen atoms in total. The molecule has 0 unspecified atom stereocenters. The molecular formula is C15H24N2O4S. The quantitative estimate of drug-likeness (QED) is 0.821. The molecule has 7 heteroatoms. The molecule has 0 saturated heterocycles. The van der Waals surface area contributed by atoms with Gasteiger partial charge in [-0.1, -0.05) is 13.8 Å². The van der Waals surface area contributed by atoms with Gasteiger partial charge in [0.05, 0.1) is 4.90 Å². The minimum atomic E-state index is -3.55. The molecule has 0 bridgehead atoms. The minimum Gasteiger partial charge on any atom is -0.486 e. The van der Waals surface area contributed by atoms with Crippen LogP contribution in [0.15, 0.2) is 23.1 Å². The number of benzene rings is 1. The minimum absolute atomic E-state index is 0.141. The van der Waals surface area contributed by atoms with Gasteiger partial charge in [0.15, 0.2) is 11.5 Å². The maximum Gasteiger partial charge on any atom is 0.240 e. The molecule has 0 radical (unpaired) electrons. The Morgan fingerprint density at radius 3 is 2.45 bits per heavy atom. The number of nitrogens with zero attached hydrogens (tertiary/aromatic N) is 1. The van der Waals surface area contributed by atoms with E-state index in [1.807, 2.05) is 6.92 Å². The SMILES string of the molecule is CCN(CC)[C@H](C)CNS(=O)(=O)c1ccc2c(c1)OCCO2. The van der Waals surface area contributed by atoms with Crippen LogP contribution in [0.1, 0.15) is 20.8 Å². The Balaban J connectivity index is 2.07. The number of ether oxygens (including phenoxy) is 2. The van der Waals surface area contributed by atoms with Crippen LogP contribution in [0.3, 0.4) is 0 Å². The molecular weight excluding hydrogens is 304 g/mol. The van der Waals surface area contributed by atoms with E-state index in [-0.39, 0.29) is 10.9 Å². The lowest BCUT2D eigenvalue weighted by Gasteiger charge is -2.26. The predicted molar refractivity (Wildman–Crippen MR) is 85.0 cm³/mol. The highest BCUT2D eigenvalue weighted by atomic mass is 32.2. The molecule has 22 heavy (non-hydrogen) atoms. The van der Waals surface area contributed by atoms with Crippen molar-refractivity contribution in [3.05, 3.63) is 18.2 Å². The Hall–Kier alpha value is -1.31. The molecule has 0 amide bonds. The summed E-state index contributed by atoms with van der Waals surface area (Å²) in [6.45, 7) is 9.22. The van der Waals surface area contributed by atoms with E-state index < -0.39 is 10.0 Å². The van der Waals surface area contributed by atoms with Gasteiger partial charge in [-0.25, -0.2) is 13.1 Å². The highest BCUT2D eigenvalue weighted by Crippen LogP contribution is 2.32. The van der Waals surface area contributed by atoms with Crippen molar-refractivity contribution >= 4 is 10.0 Å². The molecule has 1 aromatic carbocycles. The van der Waals surface area contributed by atoms with Gasteiger partial charge in [-0.2, -0.15) is 0 Å². The van der Waals surface area contributed by atoms with Gasteiger partial charge >= 0.3 is 0 Å². The molecule has 0 aliphatic carbocycles. The van der Waals surface area contributed by atoms with E-state index in [9.17, 15) is 8.42 Å². The van der Waals surface area contributed by atoms with Gasteiger partial charge in [-0.05, 0) is 32.1 Å². The average Bonchev–Trinajstić information content (AvgIpc) is 2.53. The third-order valence-corrected chi connectivity index (χ3v) is 5.25. The Kier molecular flexibility index (Phi) is 5.66. The van der Waals surface area contributed by atoms with Crippen LogP contribution >= 0.6 is 0 Å². The molecule has 2 rings (SSSR count). The Morgan fingerprint density at radius 2 is 1.82 bits per heavy atom. The number of hydrogen-bond acceptors (Lipinski definition) is 5. The zero-order valence-corrected chi connectivity index (χ0v) is 14.1. The van der Waals surface area contributed by atoms with Crippen molar-refractivity contribution < 1.29 is 17.9 Å². The molecule has 0 spiro atoms. The van der Waals surface area contributed by atoms with Crippen molar-refractivity contribution in [1.82, 2.24) is 9.62 Å². The zero-order valence-electron chi connectivity index (χ0n) is 13.3. The van der Waals surface area contributed by atoms with Gasteiger partial charge in [-0.15, -0.1) is 0 Å². The van der Waals surface area contributed by atoms with Gasteiger partial charge in [0, 0.05) is 18.7 Å². The molecule has 1 aliphatic rings. The first-order valence-corrected chi connectivity index (χ1v) is 9.09. The third kappa shape index (κ3) is 3.91. The predicted octanol–water partition coefficient (Wildman–Crippen LogP) is 1.47. The number of nitrogens with one attached hydrogen (secondary N) is 1. The summed E-state index contributed by atoms with van der Waals surface area (Å²) in [4.78, 5) is 2.40. The fraction of sp³-hybridized carbons (Fsp3) is 0.600. The molecule has 1 aromatic rings. The van der Waals surface area contributed by atoms with E-state index in [1.54, 1.807) is 6.07 Å². The van der Waals surface area contributed by atoms with Crippen LogP contribution in [-0.2, 0) is 10.0 Å². The normalized spacial score (nSPS) is 15.8. The third-order valence-electron chi connectivity index (χ3n) is 3.83. The van der Waals surface area contributed by atoms with Crippen LogP contribution in [0.25, 0.3) is 0 Å². The van der Waals surface area contributed by atoms with Crippen LogP contribution in [0.5, 0.6) is 11.5 Å². The summed E-state index contributed by atoms with van der Waals surface area (Å²) in [6, 6.07) is 4.83. The van der Waals surface area contributed by atoms with E-state index >= 15 is 0 Å². The number of fused-ring (bicyclic) bond motifs is 1. The summed E-state index contributed by atoms with van der Waals surface area (Å²) < 4.78 is 38.3. The van der Waals surface area contributed by atoms with Crippen molar-refractivity contribution in [1.29, 1.82) is 0 Å². The molecule has 0 aromatic heterocycles. The topological polar surface area (TPSA) is 67.9 Å². The number of sulfonamides is 1. The van der Waals surface area contributed by atoms with Crippen LogP contribution in [0, 0.1) is 0 Å². The van der Waals surface area contributed by atoms with Crippen molar-refractivity contribution in [3.8, 4) is 11.5 Å². The maximum atomic E-state index is 12.4. The monoisotopic (exact) mass is 328 g/mol. The van der Waals surface area contributed by atoms with Gasteiger partial charge in [0.2, 0.25) is 10.0 Å². The lowest BCUT2D eigenvalue weighted by atomic mass is 10.3. The second-order valence-corrected chi connectivity index (χ2v) is 6.99. The molecule has 1 aliphatic heterocycles. The largest absolute Gasteiger partial charge is 0.486 e. The molecule has 0 saturated carbocycles. The lowest BCUT2D eigenvalue weighted by molar-refractivity contribution is 0.171. The van der Waals surface area contributed by atoms with E-state index in [2.05, 4.69) is 23.5 Å².